The van der Waals surface area contributed by atoms with Crippen LogP contribution in [0.4, 0.5) is 0 Å². The second-order valence-electron chi connectivity index (χ2n) is 1.25. The molecule has 1 aliphatic heterocycles. The lowest BCUT2D eigenvalue weighted by molar-refractivity contribution is -0.258. The Bertz CT molecular complexity index is 60.0. The topological polar surface area (TPSA) is 18.5 Å². The Balaban J connectivity index is 2.33. The van der Waals surface area contributed by atoms with Crippen molar-refractivity contribution in [1.29, 1.82) is 0 Å². The molecule has 4 heteroatoms. The van der Waals surface area contributed by atoms with Crippen LogP contribution >= 0.6 is 23.2 Å². The zero-order valence-corrected chi connectivity index (χ0v) is 4.95. The molecule has 2 nitrogen and oxygen atoms in total. The van der Waals surface area contributed by atoms with Crippen LogP contribution in [0.15, 0.2) is 0 Å². The molecule has 42 valence electrons. The van der Waals surface area contributed by atoms with E-state index in [0.717, 1.165) is 0 Å². The van der Waals surface area contributed by atoms with Gasteiger partial charge in [-0.05, 0) is 0 Å². The molecule has 0 saturated carbocycles. The highest BCUT2D eigenvalue weighted by molar-refractivity contribution is 6.29. The Kier molecular flexibility index (Phi) is 1.75. The van der Waals surface area contributed by atoms with Crippen LogP contribution in [0.3, 0.4) is 0 Å². The van der Waals surface area contributed by atoms with Crippen LogP contribution in [0.2, 0.25) is 0 Å². The van der Waals surface area contributed by atoms with E-state index in [2.05, 4.69) is 9.78 Å². The van der Waals surface area contributed by atoms with Gasteiger partial charge < -0.3 is 0 Å². The summed E-state index contributed by atoms with van der Waals surface area (Å²) in [5.74, 6) is 0. The molecule has 1 rings (SSSR count). The molecule has 0 aromatic heterocycles. The fraction of sp³-hybridized carbons (Fsp3) is 1.00. The first-order valence-electron chi connectivity index (χ1n) is 1.87. The lowest BCUT2D eigenvalue weighted by Crippen LogP contribution is -2.08. The predicted molar refractivity (Wildman–Crippen MR) is 26.3 cm³/mol. The van der Waals surface area contributed by atoms with E-state index in [1.165, 1.54) is 0 Å². The molecule has 0 aromatic carbocycles. The fourth-order valence-electron chi connectivity index (χ4n) is 0.305. The molecule has 1 heterocycles. The first kappa shape index (κ1) is 5.63. The molecule has 1 aliphatic rings. The van der Waals surface area contributed by atoms with E-state index in [1.54, 1.807) is 0 Å². The molecule has 0 amide bonds. The summed E-state index contributed by atoms with van der Waals surface area (Å²) in [5.41, 5.74) is -0.471. The Morgan fingerprint density at radius 1 is 1.43 bits per heavy atom. The van der Waals surface area contributed by atoms with E-state index in [9.17, 15) is 0 Å². The lowest BCUT2D eigenvalue weighted by atomic mass is 10.5. The smallest absolute Gasteiger partial charge is 0.184 e. The van der Waals surface area contributed by atoms with Gasteiger partial charge in [-0.3, -0.25) is 0 Å². The van der Waals surface area contributed by atoms with E-state index in [0.29, 0.717) is 6.61 Å². The Hall–Kier alpha value is 0.500. The van der Waals surface area contributed by atoms with Crippen molar-refractivity contribution in [3.05, 3.63) is 0 Å². The van der Waals surface area contributed by atoms with Gasteiger partial charge in [0, 0.05) is 0 Å². The fourth-order valence-corrected chi connectivity index (χ4v) is 0.523. The van der Waals surface area contributed by atoms with Crippen LogP contribution in [0.25, 0.3) is 0 Å². The highest BCUT2D eigenvalue weighted by Gasteiger charge is 2.25. The Morgan fingerprint density at radius 2 is 2.14 bits per heavy atom. The summed E-state index contributed by atoms with van der Waals surface area (Å²) in [6.07, 6.45) is 0. The van der Waals surface area contributed by atoms with E-state index in [4.69, 9.17) is 23.2 Å². The summed E-state index contributed by atoms with van der Waals surface area (Å²) >= 11 is 10.9. The molecule has 2 atom stereocenters. The normalized spacial score (nSPS) is 42.0. The minimum atomic E-state index is -0.471. The molecular formula is C3H4Cl2O2. The zero-order chi connectivity index (χ0) is 5.28. The van der Waals surface area contributed by atoms with Gasteiger partial charge >= 0.3 is 0 Å². The van der Waals surface area contributed by atoms with Gasteiger partial charge in [-0.2, -0.15) is 0 Å². The summed E-state index contributed by atoms with van der Waals surface area (Å²) in [7, 11) is 0. The standard InChI is InChI=1S/C3H4Cl2O2/c4-2-1-6-7-3(2)5/h2-3H,1H2. The van der Waals surface area contributed by atoms with Crippen molar-refractivity contribution in [2.24, 2.45) is 0 Å². The summed E-state index contributed by atoms with van der Waals surface area (Å²) in [5, 5.41) is -0.193. The van der Waals surface area contributed by atoms with Crippen molar-refractivity contribution in [2.45, 2.75) is 10.9 Å². The summed E-state index contributed by atoms with van der Waals surface area (Å²) < 4.78 is 0. The molecule has 2 unspecified atom stereocenters. The van der Waals surface area contributed by atoms with Crippen LogP contribution < -0.4 is 0 Å². The quantitative estimate of drug-likeness (QED) is 0.373. The van der Waals surface area contributed by atoms with Gasteiger partial charge in [-0.25, -0.2) is 9.78 Å². The maximum atomic E-state index is 5.48. The van der Waals surface area contributed by atoms with E-state index in [-0.39, 0.29) is 5.38 Å². The number of rotatable bonds is 0. The second-order valence-corrected chi connectivity index (χ2v) is 2.24. The van der Waals surface area contributed by atoms with Gasteiger partial charge in [0.1, 0.15) is 12.0 Å². The molecule has 1 fully saturated rings. The largest absolute Gasteiger partial charge is 0.233 e. The summed E-state index contributed by atoms with van der Waals surface area (Å²) in [4.78, 5) is 8.80. The molecule has 0 aromatic rings. The molecule has 0 N–H and O–H groups in total. The number of hydrogen-bond acceptors (Lipinski definition) is 2. The van der Waals surface area contributed by atoms with Gasteiger partial charge in [0.25, 0.3) is 0 Å². The van der Waals surface area contributed by atoms with Crippen LogP contribution in [0, 0.1) is 0 Å². The first-order chi connectivity index (χ1) is 3.30. The van der Waals surface area contributed by atoms with Gasteiger partial charge in [0.05, 0.1) is 0 Å². The van der Waals surface area contributed by atoms with E-state index >= 15 is 0 Å². The third-order valence-corrected chi connectivity index (χ3v) is 1.53. The molecule has 0 radical (unpaired) electrons. The Labute approximate surface area is 51.2 Å². The monoisotopic (exact) mass is 142 g/mol. The average Bonchev–Trinajstić information content (AvgIpc) is 1.91. The van der Waals surface area contributed by atoms with Crippen molar-refractivity contribution in [3.8, 4) is 0 Å². The highest BCUT2D eigenvalue weighted by Crippen LogP contribution is 2.18. The zero-order valence-electron chi connectivity index (χ0n) is 3.43. The number of hydrogen-bond donors (Lipinski definition) is 0. The maximum Gasteiger partial charge on any atom is 0.184 e. The molecular weight excluding hydrogens is 139 g/mol. The molecule has 1 saturated heterocycles. The molecule has 7 heavy (non-hydrogen) atoms. The Morgan fingerprint density at radius 3 is 2.29 bits per heavy atom. The second kappa shape index (κ2) is 2.18. The summed E-state index contributed by atoms with van der Waals surface area (Å²) in [6.45, 7) is 0.385. The van der Waals surface area contributed by atoms with E-state index < -0.39 is 5.56 Å². The molecule has 0 spiro atoms. The third kappa shape index (κ3) is 1.19. The van der Waals surface area contributed by atoms with Gasteiger partial charge in [0.2, 0.25) is 0 Å². The number of alkyl halides is 2. The van der Waals surface area contributed by atoms with Gasteiger partial charge in [-0.15, -0.1) is 11.6 Å². The van der Waals surface area contributed by atoms with Crippen LogP contribution in [0.5, 0.6) is 0 Å². The van der Waals surface area contributed by atoms with Crippen molar-refractivity contribution in [3.63, 3.8) is 0 Å². The first-order valence-corrected chi connectivity index (χ1v) is 2.74. The lowest BCUT2D eigenvalue weighted by Gasteiger charge is -1.94. The SMILES string of the molecule is ClC1COOC1Cl. The average molecular weight is 143 g/mol. The van der Waals surface area contributed by atoms with Crippen LogP contribution in [0.1, 0.15) is 0 Å². The summed E-state index contributed by atoms with van der Waals surface area (Å²) in [6, 6.07) is 0. The van der Waals surface area contributed by atoms with Crippen molar-refractivity contribution in [2.75, 3.05) is 6.61 Å². The van der Waals surface area contributed by atoms with Gasteiger partial charge in [-0.1, -0.05) is 11.6 Å². The van der Waals surface area contributed by atoms with Crippen molar-refractivity contribution in [1.82, 2.24) is 0 Å². The van der Waals surface area contributed by atoms with E-state index in [1.807, 2.05) is 0 Å². The third-order valence-electron chi connectivity index (χ3n) is 0.672. The number of halogens is 2. The minimum Gasteiger partial charge on any atom is -0.233 e. The predicted octanol–water partition coefficient (Wildman–Crippen LogP) is 1.12. The van der Waals surface area contributed by atoms with Crippen molar-refractivity contribution < 1.29 is 9.78 Å². The van der Waals surface area contributed by atoms with Crippen LogP contribution in [-0.4, -0.2) is 17.5 Å². The minimum absolute atomic E-state index is 0.193. The highest BCUT2D eigenvalue weighted by atomic mass is 35.5. The molecule has 0 aliphatic carbocycles. The van der Waals surface area contributed by atoms with Crippen LogP contribution in [-0.2, 0) is 9.78 Å². The maximum absolute atomic E-state index is 5.48. The van der Waals surface area contributed by atoms with Crippen molar-refractivity contribution >= 4 is 23.2 Å². The van der Waals surface area contributed by atoms with Gasteiger partial charge in [0.15, 0.2) is 5.56 Å². The molecule has 0 bridgehead atoms.